The molecule has 0 aliphatic rings. The summed E-state index contributed by atoms with van der Waals surface area (Å²) >= 11 is 0. The predicted molar refractivity (Wildman–Crippen MR) is 48.4 cm³/mol. The lowest BCUT2D eigenvalue weighted by Gasteiger charge is -1.96. The van der Waals surface area contributed by atoms with Crippen molar-refractivity contribution >= 4 is 0 Å². The molecule has 0 amide bonds. The van der Waals surface area contributed by atoms with Crippen LogP contribution in [-0.2, 0) is 4.74 Å². The van der Waals surface area contributed by atoms with Gasteiger partial charge in [-0.05, 0) is 13.8 Å². The van der Waals surface area contributed by atoms with Gasteiger partial charge in [-0.15, -0.1) is 0 Å². The van der Waals surface area contributed by atoms with E-state index in [0.29, 0.717) is 6.61 Å². The van der Waals surface area contributed by atoms with Crippen molar-refractivity contribution < 1.29 is 4.74 Å². The van der Waals surface area contributed by atoms with Gasteiger partial charge in [0.2, 0.25) is 0 Å². The molecule has 0 rings (SSSR count). The lowest BCUT2D eigenvalue weighted by atomic mass is 10.2. The fourth-order valence-corrected chi connectivity index (χ4v) is 0.800. The largest absolute Gasteiger partial charge is 0.381 e. The maximum atomic E-state index is 5.56. The van der Waals surface area contributed by atoms with E-state index in [2.05, 4.69) is 0 Å². The minimum Gasteiger partial charge on any atom is -0.381 e. The van der Waals surface area contributed by atoms with E-state index in [0.717, 1.165) is 0 Å². The molecule has 2 N–H and O–H groups in total. The summed E-state index contributed by atoms with van der Waals surface area (Å²) in [7, 11) is 1.68. The molecule has 0 spiro atoms. The Hall–Kier alpha value is -0.600. The van der Waals surface area contributed by atoms with Gasteiger partial charge in [0.05, 0.1) is 6.61 Å². The van der Waals surface area contributed by atoms with Gasteiger partial charge < -0.3 is 10.5 Å². The topological polar surface area (TPSA) is 35.2 Å². The molecule has 2 nitrogen and oxygen atoms in total. The first kappa shape index (κ1) is 10.4. The van der Waals surface area contributed by atoms with Crippen LogP contribution < -0.4 is 5.73 Å². The van der Waals surface area contributed by atoms with Gasteiger partial charge in [0.25, 0.3) is 0 Å². The standard InChI is InChI=1S/C9H17NO/c1-8(7-9(2)10)5-4-6-11-3/h4-5,7,9H,6,10H2,1-3H3/b5-4-,8-7-/t9-/m0/s1. The van der Waals surface area contributed by atoms with E-state index in [-0.39, 0.29) is 6.04 Å². The number of methoxy groups -OCH3 is 1. The van der Waals surface area contributed by atoms with Crippen molar-refractivity contribution in [2.45, 2.75) is 19.9 Å². The molecule has 0 heterocycles. The second-order valence-electron chi connectivity index (χ2n) is 2.63. The molecule has 0 fully saturated rings. The molecule has 0 aromatic carbocycles. The van der Waals surface area contributed by atoms with Crippen LogP contribution >= 0.6 is 0 Å². The summed E-state index contributed by atoms with van der Waals surface area (Å²) in [5.74, 6) is 0. The number of ether oxygens (including phenoxy) is 1. The first-order chi connectivity index (χ1) is 5.16. The van der Waals surface area contributed by atoms with Gasteiger partial charge in [0.15, 0.2) is 0 Å². The van der Waals surface area contributed by atoms with Crippen LogP contribution in [0.4, 0.5) is 0 Å². The van der Waals surface area contributed by atoms with E-state index in [4.69, 9.17) is 10.5 Å². The first-order valence-electron chi connectivity index (χ1n) is 3.76. The molecule has 64 valence electrons. The molecule has 0 aliphatic heterocycles. The molecule has 0 aliphatic carbocycles. The minimum absolute atomic E-state index is 0.127. The number of nitrogens with two attached hydrogens (primary N) is 1. The van der Waals surface area contributed by atoms with Crippen LogP contribution in [0.25, 0.3) is 0 Å². The van der Waals surface area contributed by atoms with E-state index >= 15 is 0 Å². The molecule has 0 saturated carbocycles. The quantitative estimate of drug-likeness (QED) is 0.624. The molecule has 0 bridgehead atoms. The van der Waals surface area contributed by atoms with Crippen molar-refractivity contribution in [2.24, 2.45) is 5.73 Å². The fraction of sp³-hybridized carbons (Fsp3) is 0.556. The average molecular weight is 155 g/mol. The monoisotopic (exact) mass is 155 g/mol. The van der Waals surface area contributed by atoms with Crippen LogP contribution in [0.5, 0.6) is 0 Å². The van der Waals surface area contributed by atoms with Gasteiger partial charge >= 0.3 is 0 Å². The number of rotatable bonds is 4. The number of hydrogen-bond donors (Lipinski definition) is 1. The third-order valence-electron chi connectivity index (χ3n) is 1.17. The van der Waals surface area contributed by atoms with Gasteiger partial charge in [-0.3, -0.25) is 0 Å². The molecule has 11 heavy (non-hydrogen) atoms. The molecule has 1 atom stereocenters. The molecule has 0 aromatic heterocycles. The fourth-order valence-electron chi connectivity index (χ4n) is 0.800. The zero-order chi connectivity index (χ0) is 8.69. The lowest BCUT2D eigenvalue weighted by Crippen LogP contribution is -2.10. The van der Waals surface area contributed by atoms with Crippen molar-refractivity contribution in [3.63, 3.8) is 0 Å². The summed E-state index contributed by atoms with van der Waals surface area (Å²) in [5.41, 5.74) is 6.73. The maximum absolute atomic E-state index is 5.56. The predicted octanol–water partition coefficient (Wildman–Crippen LogP) is 1.48. The number of hydrogen-bond acceptors (Lipinski definition) is 2. The molecule has 2 heteroatoms. The SMILES string of the molecule is COC/C=C\C(C)=C/[C@H](C)N. The molecular formula is C9H17NO. The van der Waals surface area contributed by atoms with Crippen molar-refractivity contribution in [2.75, 3.05) is 13.7 Å². The second kappa shape index (κ2) is 6.13. The van der Waals surface area contributed by atoms with E-state index in [9.17, 15) is 0 Å². The normalized spacial score (nSPS) is 15.8. The van der Waals surface area contributed by atoms with Crippen molar-refractivity contribution in [1.29, 1.82) is 0 Å². The van der Waals surface area contributed by atoms with Gasteiger partial charge in [-0.1, -0.05) is 23.8 Å². The zero-order valence-electron chi connectivity index (χ0n) is 7.50. The third-order valence-corrected chi connectivity index (χ3v) is 1.17. The Morgan fingerprint density at radius 3 is 2.73 bits per heavy atom. The summed E-state index contributed by atoms with van der Waals surface area (Å²) in [6.07, 6.45) is 5.98. The molecule has 0 unspecified atom stereocenters. The second-order valence-corrected chi connectivity index (χ2v) is 2.63. The Bertz CT molecular complexity index is 148. The molecule has 0 aromatic rings. The van der Waals surface area contributed by atoms with Crippen LogP contribution in [0.3, 0.4) is 0 Å². The zero-order valence-corrected chi connectivity index (χ0v) is 7.50. The highest BCUT2D eigenvalue weighted by molar-refractivity contribution is 5.17. The minimum atomic E-state index is 0.127. The Labute approximate surface area is 68.7 Å². The highest BCUT2D eigenvalue weighted by Gasteiger charge is 1.86. The van der Waals surface area contributed by atoms with Crippen LogP contribution in [0, 0.1) is 0 Å². The average Bonchev–Trinajstić information content (AvgIpc) is 1.86. The molecular weight excluding hydrogens is 138 g/mol. The molecule has 0 radical (unpaired) electrons. The van der Waals surface area contributed by atoms with Crippen LogP contribution in [0.15, 0.2) is 23.8 Å². The van der Waals surface area contributed by atoms with Crippen LogP contribution in [0.1, 0.15) is 13.8 Å². The summed E-state index contributed by atoms with van der Waals surface area (Å²) in [4.78, 5) is 0. The van der Waals surface area contributed by atoms with Gasteiger partial charge in [-0.25, -0.2) is 0 Å². The summed E-state index contributed by atoms with van der Waals surface area (Å²) in [5, 5.41) is 0. The van der Waals surface area contributed by atoms with Crippen molar-refractivity contribution in [3.8, 4) is 0 Å². The Morgan fingerprint density at radius 2 is 2.27 bits per heavy atom. The van der Waals surface area contributed by atoms with Gasteiger partial charge in [0.1, 0.15) is 0 Å². The highest BCUT2D eigenvalue weighted by Crippen LogP contribution is 1.95. The Kier molecular flexibility index (Phi) is 5.80. The van der Waals surface area contributed by atoms with Crippen LogP contribution in [-0.4, -0.2) is 19.8 Å². The summed E-state index contributed by atoms with van der Waals surface area (Å²) in [6, 6.07) is 0.127. The van der Waals surface area contributed by atoms with E-state index in [1.54, 1.807) is 7.11 Å². The highest BCUT2D eigenvalue weighted by atomic mass is 16.5. The smallest absolute Gasteiger partial charge is 0.0646 e. The van der Waals surface area contributed by atoms with E-state index < -0.39 is 0 Å². The van der Waals surface area contributed by atoms with Crippen LogP contribution in [0.2, 0.25) is 0 Å². The van der Waals surface area contributed by atoms with Crippen molar-refractivity contribution in [3.05, 3.63) is 23.8 Å². The lowest BCUT2D eigenvalue weighted by molar-refractivity contribution is 0.234. The number of allylic oxidation sites excluding steroid dienone is 2. The van der Waals surface area contributed by atoms with E-state index in [1.165, 1.54) is 5.57 Å². The van der Waals surface area contributed by atoms with Gasteiger partial charge in [-0.2, -0.15) is 0 Å². The molecule has 0 saturated heterocycles. The summed E-state index contributed by atoms with van der Waals surface area (Å²) < 4.78 is 4.85. The van der Waals surface area contributed by atoms with Gasteiger partial charge in [0, 0.05) is 13.2 Å². The van der Waals surface area contributed by atoms with Crippen molar-refractivity contribution in [1.82, 2.24) is 0 Å². The Balaban J connectivity index is 3.75. The first-order valence-corrected chi connectivity index (χ1v) is 3.76. The third kappa shape index (κ3) is 7.30. The Morgan fingerprint density at radius 1 is 1.64 bits per heavy atom. The maximum Gasteiger partial charge on any atom is 0.0646 e. The van der Waals surface area contributed by atoms with E-state index in [1.807, 2.05) is 32.1 Å². The summed E-state index contributed by atoms with van der Waals surface area (Å²) in [6.45, 7) is 4.63.